The highest BCUT2D eigenvalue weighted by molar-refractivity contribution is 6.35. The molecule has 1 aromatic rings. The van der Waals surface area contributed by atoms with E-state index < -0.39 is 5.82 Å². The van der Waals surface area contributed by atoms with E-state index in [-0.39, 0.29) is 5.02 Å². The molecule has 0 heterocycles. The molecule has 0 unspecified atom stereocenters. The lowest BCUT2D eigenvalue weighted by Crippen LogP contribution is -1.85. The number of hydrogen-bond acceptors (Lipinski definition) is 0. The Bertz CT molecular complexity index is 271. The Kier molecular flexibility index (Phi) is 2.74. The Hall–Kier alpha value is -0.270. The fourth-order valence-corrected chi connectivity index (χ4v) is 1.35. The average molecular weight is 193 g/mol. The second-order valence-corrected chi connectivity index (χ2v) is 3.03. The van der Waals surface area contributed by atoms with E-state index in [1.165, 1.54) is 12.1 Å². The minimum Gasteiger partial charge on any atom is -0.205 e. The van der Waals surface area contributed by atoms with Gasteiger partial charge in [-0.2, -0.15) is 0 Å². The van der Waals surface area contributed by atoms with Crippen molar-refractivity contribution in [2.45, 2.75) is 13.3 Å². The molecule has 0 N–H and O–H groups in total. The third kappa shape index (κ3) is 1.85. The summed E-state index contributed by atoms with van der Waals surface area (Å²) < 4.78 is 12.8. The van der Waals surface area contributed by atoms with Crippen LogP contribution in [-0.2, 0) is 6.42 Å². The molecule has 0 atom stereocenters. The van der Waals surface area contributed by atoms with Crippen LogP contribution in [0.3, 0.4) is 0 Å². The predicted molar refractivity (Wildman–Crippen MR) is 45.8 cm³/mol. The van der Waals surface area contributed by atoms with Crippen LogP contribution in [0.2, 0.25) is 10.0 Å². The summed E-state index contributed by atoms with van der Waals surface area (Å²) in [6, 6.07) is 2.79. The molecule has 0 aliphatic heterocycles. The molecular weight excluding hydrogens is 186 g/mol. The quantitative estimate of drug-likeness (QED) is 0.596. The van der Waals surface area contributed by atoms with Crippen LogP contribution in [-0.4, -0.2) is 0 Å². The van der Waals surface area contributed by atoms with Crippen LogP contribution in [0.15, 0.2) is 12.1 Å². The van der Waals surface area contributed by atoms with Gasteiger partial charge in [0.25, 0.3) is 0 Å². The first-order valence-electron chi connectivity index (χ1n) is 3.28. The van der Waals surface area contributed by atoms with Gasteiger partial charge in [0, 0.05) is 5.02 Å². The molecule has 3 heteroatoms. The second-order valence-electron chi connectivity index (χ2n) is 2.21. The van der Waals surface area contributed by atoms with Crippen molar-refractivity contribution in [2.75, 3.05) is 0 Å². The molecular formula is C8H7Cl2F. The summed E-state index contributed by atoms with van der Waals surface area (Å²) in [4.78, 5) is 0. The maximum atomic E-state index is 12.8. The second kappa shape index (κ2) is 3.42. The van der Waals surface area contributed by atoms with Gasteiger partial charge in [0.2, 0.25) is 0 Å². The molecule has 60 valence electrons. The van der Waals surface area contributed by atoms with Gasteiger partial charge in [-0.3, -0.25) is 0 Å². The summed E-state index contributed by atoms with van der Waals surface area (Å²) in [6.45, 7) is 1.91. The lowest BCUT2D eigenvalue weighted by molar-refractivity contribution is 0.626. The zero-order valence-electron chi connectivity index (χ0n) is 6.00. The maximum absolute atomic E-state index is 12.8. The molecule has 0 aliphatic carbocycles. The Labute approximate surface area is 74.9 Å². The molecule has 0 radical (unpaired) electrons. The van der Waals surface area contributed by atoms with Crippen molar-refractivity contribution in [1.82, 2.24) is 0 Å². The van der Waals surface area contributed by atoms with Crippen LogP contribution in [0.5, 0.6) is 0 Å². The summed E-state index contributed by atoms with van der Waals surface area (Å²) in [5, 5.41) is 0.603. The molecule has 0 fully saturated rings. The Balaban J connectivity index is 3.21. The van der Waals surface area contributed by atoms with E-state index >= 15 is 0 Å². The Morgan fingerprint density at radius 2 is 1.91 bits per heavy atom. The van der Waals surface area contributed by atoms with Crippen molar-refractivity contribution in [3.63, 3.8) is 0 Å². The molecule has 0 bridgehead atoms. The van der Waals surface area contributed by atoms with Crippen LogP contribution in [0.25, 0.3) is 0 Å². The summed E-state index contributed by atoms with van der Waals surface area (Å²) in [6.07, 6.45) is 0.715. The number of halogens is 3. The first-order valence-corrected chi connectivity index (χ1v) is 4.04. The minimum atomic E-state index is -0.409. The van der Waals surface area contributed by atoms with E-state index in [0.717, 1.165) is 5.56 Å². The zero-order chi connectivity index (χ0) is 8.43. The summed E-state index contributed by atoms with van der Waals surface area (Å²) in [5.41, 5.74) is 0.786. The largest absolute Gasteiger partial charge is 0.205 e. The number of hydrogen-bond donors (Lipinski definition) is 0. The fourth-order valence-electron chi connectivity index (χ4n) is 0.835. The molecule has 0 aromatic heterocycles. The molecule has 0 saturated heterocycles. The van der Waals surface area contributed by atoms with Gasteiger partial charge in [-0.05, 0) is 24.1 Å². The van der Waals surface area contributed by atoms with Gasteiger partial charge in [-0.25, -0.2) is 4.39 Å². The first-order chi connectivity index (χ1) is 5.15. The molecule has 0 nitrogen and oxygen atoms in total. The van der Waals surface area contributed by atoms with Crippen molar-refractivity contribution >= 4 is 23.2 Å². The highest BCUT2D eigenvalue weighted by Crippen LogP contribution is 2.24. The monoisotopic (exact) mass is 192 g/mol. The zero-order valence-corrected chi connectivity index (χ0v) is 7.51. The third-order valence-electron chi connectivity index (χ3n) is 1.47. The van der Waals surface area contributed by atoms with Gasteiger partial charge >= 0.3 is 0 Å². The van der Waals surface area contributed by atoms with Crippen LogP contribution in [0.1, 0.15) is 12.5 Å². The van der Waals surface area contributed by atoms with E-state index in [0.29, 0.717) is 11.4 Å². The van der Waals surface area contributed by atoms with Crippen molar-refractivity contribution in [1.29, 1.82) is 0 Å². The molecule has 1 aromatic carbocycles. The van der Waals surface area contributed by atoms with E-state index in [1.54, 1.807) is 0 Å². The first kappa shape index (κ1) is 8.82. The Morgan fingerprint density at radius 3 is 2.45 bits per heavy atom. The van der Waals surface area contributed by atoms with Gasteiger partial charge in [0.1, 0.15) is 5.82 Å². The summed E-state index contributed by atoms with van der Waals surface area (Å²) >= 11 is 11.2. The predicted octanol–water partition coefficient (Wildman–Crippen LogP) is 3.69. The van der Waals surface area contributed by atoms with Crippen LogP contribution in [0, 0.1) is 5.82 Å². The van der Waals surface area contributed by atoms with Crippen LogP contribution >= 0.6 is 23.2 Å². The molecule has 0 aliphatic rings. The van der Waals surface area contributed by atoms with E-state index in [1.807, 2.05) is 6.92 Å². The smallest absolute Gasteiger partial charge is 0.142 e. The number of rotatable bonds is 1. The number of aryl methyl sites for hydroxylation is 1. The average Bonchev–Trinajstić information content (AvgIpc) is 1.97. The standard InChI is InChI=1S/C8H7Cl2F/c1-2-5-3-8(11)7(10)4-6(5)9/h3-4H,2H2,1H3. The highest BCUT2D eigenvalue weighted by atomic mass is 35.5. The van der Waals surface area contributed by atoms with Crippen molar-refractivity contribution < 1.29 is 4.39 Å². The summed E-state index contributed by atoms with van der Waals surface area (Å²) in [5.74, 6) is -0.409. The van der Waals surface area contributed by atoms with Crippen molar-refractivity contribution in [2.24, 2.45) is 0 Å². The maximum Gasteiger partial charge on any atom is 0.142 e. The van der Waals surface area contributed by atoms with E-state index in [9.17, 15) is 4.39 Å². The molecule has 0 spiro atoms. The van der Waals surface area contributed by atoms with Crippen LogP contribution < -0.4 is 0 Å². The Morgan fingerprint density at radius 1 is 1.27 bits per heavy atom. The molecule has 11 heavy (non-hydrogen) atoms. The van der Waals surface area contributed by atoms with Crippen molar-refractivity contribution in [3.8, 4) is 0 Å². The van der Waals surface area contributed by atoms with Gasteiger partial charge < -0.3 is 0 Å². The van der Waals surface area contributed by atoms with Gasteiger partial charge in [-0.15, -0.1) is 0 Å². The topological polar surface area (TPSA) is 0 Å². The minimum absolute atomic E-state index is 0.0761. The van der Waals surface area contributed by atoms with E-state index in [4.69, 9.17) is 23.2 Å². The van der Waals surface area contributed by atoms with Gasteiger partial charge in [0.05, 0.1) is 5.02 Å². The normalized spacial score (nSPS) is 10.2. The summed E-state index contributed by atoms with van der Waals surface area (Å²) in [7, 11) is 0. The lowest BCUT2D eigenvalue weighted by Gasteiger charge is -2.01. The van der Waals surface area contributed by atoms with Gasteiger partial charge in [-0.1, -0.05) is 30.1 Å². The molecule has 1 rings (SSSR count). The lowest BCUT2D eigenvalue weighted by atomic mass is 10.2. The van der Waals surface area contributed by atoms with Crippen molar-refractivity contribution in [3.05, 3.63) is 33.6 Å². The highest BCUT2D eigenvalue weighted by Gasteiger charge is 2.04. The molecule has 0 saturated carbocycles. The van der Waals surface area contributed by atoms with Gasteiger partial charge in [0.15, 0.2) is 0 Å². The number of benzene rings is 1. The fraction of sp³-hybridized carbons (Fsp3) is 0.250. The molecule has 0 amide bonds. The van der Waals surface area contributed by atoms with Crippen LogP contribution in [0.4, 0.5) is 4.39 Å². The SMILES string of the molecule is CCc1cc(F)c(Cl)cc1Cl. The van der Waals surface area contributed by atoms with E-state index in [2.05, 4.69) is 0 Å². The third-order valence-corrected chi connectivity index (χ3v) is 2.11.